The van der Waals surface area contributed by atoms with E-state index in [1.165, 1.54) is 4.90 Å². The number of nitrogens with zero attached hydrogens (tertiary/aromatic N) is 3. The first-order chi connectivity index (χ1) is 10.1. The Labute approximate surface area is 122 Å². The van der Waals surface area contributed by atoms with Crippen molar-refractivity contribution in [3.8, 4) is 0 Å². The lowest BCUT2D eigenvalue weighted by Gasteiger charge is -2.32. The molecule has 0 bridgehead atoms. The summed E-state index contributed by atoms with van der Waals surface area (Å²) >= 11 is 0. The van der Waals surface area contributed by atoms with E-state index in [0.717, 1.165) is 23.7 Å². The number of rotatable bonds is 2. The summed E-state index contributed by atoms with van der Waals surface area (Å²) in [5.41, 5.74) is 1.20. The van der Waals surface area contributed by atoms with Crippen LogP contribution in [0.5, 0.6) is 0 Å². The van der Waals surface area contributed by atoms with Crippen molar-refractivity contribution in [2.75, 3.05) is 6.54 Å². The van der Waals surface area contributed by atoms with Crippen molar-refractivity contribution >= 4 is 22.8 Å². The molecule has 1 aliphatic rings. The van der Waals surface area contributed by atoms with E-state index in [1.807, 2.05) is 24.3 Å². The quantitative estimate of drug-likeness (QED) is 0.911. The van der Waals surface area contributed by atoms with Gasteiger partial charge >= 0.3 is 5.97 Å². The average Bonchev–Trinajstić information content (AvgIpc) is 2.84. The van der Waals surface area contributed by atoms with Gasteiger partial charge in [0.05, 0.1) is 5.52 Å². The summed E-state index contributed by atoms with van der Waals surface area (Å²) in [6.45, 7) is 0.473. The molecule has 1 amide bonds. The smallest absolute Gasteiger partial charge is 0.326 e. The highest BCUT2D eigenvalue weighted by molar-refractivity contribution is 6.05. The highest BCUT2D eigenvalue weighted by Gasteiger charge is 2.34. The first kappa shape index (κ1) is 13.6. The number of hydrogen-bond acceptors (Lipinski definition) is 3. The molecule has 1 unspecified atom stereocenters. The summed E-state index contributed by atoms with van der Waals surface area (Å²) in [5, 5.41) is 14.4. The van der Waals surface area contributed by atoms with Crippen LogP contribution >= 0.6 is 0 Å². The second kappa shape index (κ2) is 5.20. The van der Waals surface area contributed by atoms with Crippen molar-refractivity contribution < 1.29 is 14.7 Å². The normalized spacial score (nSPS) is 18.9. The number of piperidine rings is 1. The van der Waals surface area contributed by atoms with Crippen molar-refractivity contribution in [3.63, 3.8) is 0 Å². The van der Waals surface area contributed by atoms with Crippen LogP contribution in [-0.2, 0) is 11.8 Å². The van der Waals surface area contributed by atoms with E-state index >= 15 is 0 Å². The van der Waals surface area contributed by atoms with Gasteiger partial charge in [0, 0.05) is 19.0 Å². The Balaban J connectivity index is 2.01. The van der Waals surface area contributed by atoms with E-state index in [9.17, 15) is 14.7 Å². The monoisotopic (exact) mass is 287 g/mol. The fourth-order valence-corrected chi connectivity index (χ4v) is 2.94. The maximum absolute atomic E-state index is 12.7. The van der Waals surface area contributed by atoms with E-state index in [1.54, 1.807) is 11.7 Å². The van der Waals surface area contributed by atoms with Gasteiger partial charge in [-0.3, -0.25) is 9.48 Å². The van der Waals surface area contributed by atoms with Crippen molar-refractivity contribution in [2.45, 2.75) is 25.3 Å². The number of likely N-dealkylation sites (tertiary alicyclic amines) is 1. The molecule has 1 fully saturated rings. The highest BCUT2D eigenvalue weighted by Crippen LogP contribution is 2.23. The Hall–Kier alpha value is -2.37. The van der Waals surface area contributed by atoms with E-state index in [0.29, 0.717) is 18.7 Å². The molecule has 1 N–H and O–H groups in total. The molecular weight excluding hydrogens is 270 g/mol. The molecule has 1 atom stereocenters. The molecule has 6 nitrogen and oxygen atoms in total. The third-order valence-corrected chi connectivity index (χ3v) is 4.01. The Morgan fingerprint density at radius 1 is 1.29 bits per heavy atom. The summed E-state index contributed by atoms with van der Waals surface area (Å²) in [4.78, 5) is 25.5. The summed E-state index contributed by atoms with van der Waals surface area (Å²) in [5.74, 6) is -1.23. The second-order valence-electron chi connectivity index (χ2n) is 5.34. The molecule has 1 aromatic heterocycles. The first-order valence-corrected chi connectivity index (χ1v) is 7.05. The number of benzene rings is 1. The van der Waals surface area contributed by atoms with Crippen LogP contribution in [0.3, 0.4) is 0 Å². The minimum atomic E-state index is -0.941. The van der Waals surface area contributed by atoms with Crippen LogP contribution in [0.25, 0.3) is 10.9 Å². The zero-order valence-corrected chi connectivity index (χ0v) is 11.8. The summed E-state index contributed by atoms with van der Waals surface area (Å²) in [6, 6.07) is 6.73. The molecule has 2 heterocycles. The number of fused-ring (bicyclic) bond motifs is 1. The summed E-state index contributed by atoms with van der Waals surface area (Å²) in [7, 11) is 1.78. The number of carbonyl (C=O) groups is 2. The molecule has 6 heteroatoms. The van der Waals surface area contributed by atoms with Gasteiger partial charge < -0.3 is 10.0 Å². The molecule has 1 aliphatic heterocycles. The minimum Gasteiger partial charge on any atom is -0.480 e. The van der Waals surface area contributed by atoms with Crippen molar-refractivity contribution in [2.24, 2.45) is 7.05 Å². The number of carbonyl (C=O) groups excluding carboxylic acids is 1. The molecule has 0 radical (unpaired) electrons. The Morgan fingerprint density at radius 2 is 2.05 bits per heavy atom. The maximum Gasteiger partial charge on any atom is 0.326 e. The molecule has 2 aromatic rings. The van der Waals surface area contributed by atoms with Crippen LogP contribution in [0.15, 0.2) is 24.3 Å². The van der Waals surface area contributed by atoms with Gasteiger partial charge in [-0.2, -0.15) is 5.10 Å². The molecule has 3 rings (SSSR count). The van der Waals surface area contributed by atoms with E-state index in [2.05, 4.69) is 5.10 Å². The van der Waals surface area contributed by atoms with Gasteiger partial charge in [0.25, 0.3) is 5.91 Å². The predicted molar refractivity (Wildman–Crippen MR) is 77.0 cm³/mol. The van der Waals surface area contributed by atoms with Crippen molar-refractivity contribution in [1.82, 2.24) is 14.7 Å². The van der Waals surface area contributed by atoms with Crippen LogP contribution in [0.1, 0.15) is 29.8 Å². The molecule has 21 heavy (non-hydrogen) atoms. The maximum atomic E-state index is 12.7. The highest BCUT2D eigenvalue weighted by atomic mass is 16.4. The van der Waals surface area contributed by atoms with Crippen LogP contribution in [0, 0.1) is 0 Å². The van der Waals surface area contributed by atoms with Gasteiger partial charge in [0.1, 0.15) is 6.04 Å². The van der Waals surface area contributed by atoms with E-state index in [4.69, 9.17) is 0 Å². The van der Waals surface area contributed by atoms with Crippen LogP contribution in [0.2, 0.25) is 0 Å². The largest absolute Gasteiger partial charge is 0.480 e. The zero-order chi connectivity index (χ0) is 15.0. The summed E-state index contributed by atoms with van der Waals surface area (Å²) in [6.07, 6.45) is 2.18. The Bertz CT molecular complexity index is 707. The molecular formula is C15H17N3O3. The number of aromatic nitrogens is 2. The van der Waals surface area contributed by atoms with Crippen molar-refractivity contribution in [1.29, 1.82) is 0 Å². The van der Waals surface area contributed by atoms with Gasteiger partial charge in [-0.25, -0.2) is 4.79 Å². The first-order valence-electron chi connectivity index (χ1n) is 7.05. The molecule has 0 spiro atoms. The Kier molecular flexibility index (Phi) is 3.37. The lowest BCUT2D eigenvalue weighted by atomic mass is 10.0. The molecule has 0 aliphatic carbocycles. The molecule has 110 valence electrons. The number of carboxylic acids is 1. The predicted octanol–water partition coefficient (Wildman–Crippen LogP) is 1.65. The zero-order valence-electron chi connectivity index (χ0n) is 11.8. The van der Waals surface area contributed by atoms with Crippen LogP contribution in [0.4, 0.5) is 0 Å². The van der Waals surface area contributed by atoms with Gasteiger partial charge in [0.15, 0.2) is 5.69 Å². The summed E-state index contributed by atoms with van der Waals surface area (Å²) < 4.78 is 1.66. The number of amides is 1. The number of aliphatic carboxylic acids is 1. The minimum absolute atomic E-state index is 0.293. The fourth-order valence-electron chi connectivity index (χ4n) is 2.94. The lowest BCUT2D eigenvalue weighted by molar-refractivity contribution is -0.143. The molecule has 1 aromatic carbocycles. The van der Waals surface area contributed by atoms with Gasteiger partial charge in [-0.1, -0.05) is 18.2 Å². The van der Waals surface area contributed by atoms with Crippen LogP contribution < -0.4 is 0 Å². The van der Waals surface area contributed by atoms with Crippen LogP contribution in [-0.4, -0.2) is 44.3 Å². The van der Waals surface area contributed by atoms with Crippen molar-refractivity contribution in [3.05, 3.63) is 30.0 Å². The second-order valence-corrected chi connectivity index (χ2v) is 5.34. The van der Waals surface area contributed by atoms with E-state index < -0.39 is 12.0 Å². The van der Waals surface area contributed by atoms with Gasteiger partial charge in [-0.05, 0) is 25.3 Å². The number of carboxylic acid groups (broad SMARTS) is 1. The number of para-hydroxylation sites is 1. The fraction of sp³-hybridized carbons (Fsp3) is 0.400. The molecule has 0 saturated carbocycles. The van der Waals surface area contributed by atoms with Gasteiger partial charge in [-0.15, -0.1) is 0 Å². The van der Waals surface area contributed by atoms with Gasteiger partial charge in [0.2, 0.25) is 0 Å². The number of aryl methyl sites for hydroxylation is 1. The molecule has 1 saturated heterocycles. The lowest BCUT2D eigenvalue weighted by Crippen LogP contribution is -2.48. The third-order valence-electron chi connectivity index (χ3n) is 4.01. The average molecular weight is 287 g/mol. The third kappa shape index (κ3) is 2.26. The van der Waals surface area contributed by atoms with E-state index in [-0.39, 0.29) is 5.91 Å². The number of hydrogen-bond donors (Lipinski definition) is 1. The standard InChI is InChI=1S/C15H17N3O3/c1-17-11-7-3-2-6-10(11)13(16-17)14(19)18-9-5-4-8-12(18)15(20)21/h2-3,6-7,12H,4-5,8-9H2,1H3,(H,20,21). The Morgan fingerprint density at radius 3 is 2.81 bits per heavy atom. The topological polar surface area (TPSA) is 75.4 Å². The SMILES string of the molecule is Cn1nc(C(=O)N2CCCCC2C(=O)O)c2ccccc21.